The molecule has 4 nitrogen and oxygen atoms in total. The molecule has 1 aliphatic heterocycles. The Kier molecular flexibility index (Phi) is 3.29. The van der Waals surface area contributed by atoms with Gasteiger partial charge in [0.05, 0.1) is 12.2 Å². The number of ether oxygens (including phenoxy) is 1. The van der Waals surface area contributed by atoms with E-state index in [0.717, 1.165) is 6.42 Å². The van der Waals surface area contributed by atoms with Gasteiger partial charge in [-0.1, -0.05) is 0 Å². The van der Waals surface area contributed by atoms with Gasteiger partial charge >= 0.3 is 7.60 Å². The molecule has 1 fully saturated rings. The Hall–Kier alpha value is 0.110. The summed E-state index contributed by atoms with van der Waals surface area (Å²) in [5.74, 6) is 0. The van der Waals surface area contributed by atoms with Gasteiger partial charge < -0.3 is 13.8 Å². The zero-order chi connectivity index (χ0) is 9.19. The minimum atomic E-state index is -2.84. The Balaban J connectivity index is 2.45. The van der Waals surface area contributed by atoms with E-state index in [0.29, 0.717) is 6.61 Å². The minimum absolute atomic E-state index is 0.0217. The standard InChI is InChI=1S/C7H15O4P/c1-6-7(4-5-10-6)11-12(3,8)9-2/h6-7H,4-5H2,1-3H3. The fourth-order valence-corrected chi connectivity index (χ4v) is 1.99. The van der Waals surface area contributed by atoms with Gasteiger partial charge in [0, 0.05) is 26.8 Å². The fraction of sp³-hybridized carbons (Fsp3) is 1.00. The highest BCUT2D eigenvalue weighted by Crippen LogP contribution is 2.45. The van der Waals surface area contributed by atoms with Crippen LogP contribution in [0.5, 0.6) is 0 Å². The molecule has 5 heteroatoms. The highest BCUT2D eigenvalue weighted by atomic mass is 31.2. The first kappa shape index (κ1) is 10.2. The zero-order valence-corrected chi connectivity index (χ0v) is 8.54. The third-order valence-electron chi connectivity index (χ3n) is 1.97. The van der Waals surface area contributed by atoms with Gasteiger partial charge in [-0.05, 0) is 6.92 Å². The molecule has 72 valence electrons. The predicted octanol–water partition coefficient (Wildman–Crippen LogP) is 1.65. The number of hydrogen-bond acceptors (Lipinski definition) is 4. The lowest BCUT2D eigenvalue weighted by atomic mass is 10.2. The summed E-state index contributed by atoms with van der Waals surface area (Å²) in [5, 5.41) is 0. The van der Waals surface area contributed by atoms with Crippen molar-refractivity contribution < 1.29 is 18.3 Å². The minimum Gasteiger partial charge on any atom is -0.376 e. The van der Waals surface area contributed by atoms with E-state index in [2.05, 4.69) is 0 Å². The van der Waals surface area contributed by atoms with Gasteiger partial charge in [-0.3, -0.25) is 4.57 Å². The summed E-state index contributed by atoms with van der Waals surface area (Å²) in [6.45, 7) is 4.06. The topological polar surface area (TPSA) is 44.8 Å². The lowest BCUT2D eigenvalue weighted by molar-refractivity contribution is 0.0601. The van der Waals surface area contributed by atoms with E-state index in [9.17, 15) is 4.57 Å². The monoisotopic (exact) mass is 194 g/mol. The highest BCUT2D eigenvalue weighted by Gasteiger charge is 2.30. The maximum atomic E-state index is 11.4. The lowest BCUT2D eigenvalue weighted by Gasteiger charge is -2.18. The smallest absolute Gasteiger partial charge is 0.327 e. The van der Waals surface area contributed by atoms with E-state index in [1.807, 2.05) is 6.92 Å². The summed E-state index contributed by atoms with van der Waals surface area (Å²) in [4.78, 5) is 0. The lowest BCUT2D eigenvalue weighted by Crippen LogP contribution is -2.20. The molecule has 0 saturated carbocycles. The number of hydrogen-bond donors (Lipinski definition) is 0. The Morgan fingerprint density at radius 3 is 2.67 bits per heavy atom. The average molecular weight is 194 g/mol. The first-order valence-electron chi connectivity index (χ1n) is 3.98. The highest BCUT2D eigenvalue weighted by molar-refractivity contribution is 7.52. The van der Waals surface area contributed by atoms with E-state index < -0.39 is 7.60 Å². The summed E-state index contributed by atoms with van der Waals surface area (Å²) in [5.41, 5.74) is 0. The summed E-state index contributed by atoms with van der Waals surface area (Å²) in [6.07, 6.45) is 0.733. The number of rotatable bonds is 3. The van der Waals surface area contributed by atoms with Crippen LogP contribution < -0.4 is 0 Å². The molecule has 1 heterocycles. The zero-order valence-electron chi connectivity index (χ0n) is 7.65. The first-order chi connectivity index (χ1) is 5.55. The van der Waals surface area contributed by atoms with Crippen LogP contribution in [0, 0.1) is 0 Å². The largest absolute Gasteiger partial charge is 0.376 e. The van der Waals surface area contributed by atoms with Crippen molar-refractivity contribution in [3.63, 3.8) is 0 Å². The molecule has 0 spiro atoms. The Bertz CT molecular complexity index is 194. The Morgan fingerprint density at radius 2 is 2.25 bits per heavy atom. The molecule has 1 aliphatic rings. The molecular weight excluding hydrogens is 179 g/mol. The quantitative estimate of drug-likeness (QED) is 0.641. The Labute approximate surface area is 72.7 Å². The van der Waals surface area contributed by atoms with Gasteiger partial charge in [0.1, 0.15) is 0 Å². The van der Waals surface area contributed by atoms with Crippen LogP contribution in [0.2, 0.25) is 0 Å². The van der Waals surface area contributed by atoms with Gasteiger partial charge in [-0.2, -0.15) is 0 Å². The molecule has 1 rings (SSSR count). The van der Waals surface area contributed by atoms with Crippen LogP contribution in [0.15, 0.2) is 0 Å². The molecule has 0 amide bonds. The molecule has 3 unspecified atom stereocenters. The molecule has 12 heavy (non-hydrogen) atoms. The van der Waals surface area contributed by atoms with E-state index in [4.69, 9.17) is 13.8 Å². The summed E-state index contributed by atoms with van der Waals surface area (Å²) in [7, 11) is -1.45. The molecule has 0 N–H and O–H groups in total. The van der Waals surface area contributed by atoms with Gasteiger partial charge in [0.2, 0.25) is 0 Å². The molecule has 0 aromatic carbocycles. The Morgan fingerprint density at radius 1 is 1.58 bits per heavy atom. The molecule has 0 radical (unpaired) electrons. The molecule has 0 aromatic heterocycles. The van der Waals surface area contributed by atoms with E-state index in [1.54, 1.807) is 0 Å². The normalized spacial score (nSPS) is 34.9. The average Bonchev–Trinajstić information content (AvgIpc) is 2.36. The molecule has 0 bridgehead atoms. The third kappa shape index (κ3) is 2.56. The van der Waals surface area contributed by atoms with Crippen LogP contribution in [-0.2, 0) is 18.3 Å². The van der Waals surface area contributed by atoms with Crippen molar-refractivity contribution in [1.29, 1.82) is 0 Å². The SMILES string of the molecule is COP(C)(=O)OC1CCOC1C. The van der Waals surface area contributed by atoms with Crippen LogP contribution in [0.4, 0.5) is 0 Å². The first-order valence-corrected chi connectivity index (χ1v) is 5.97. The van der Waals surface area contributed by atoms with Crippen molar-refractivity contribution in [2.75, 3.05) is 20.4 Å². The van der Waals surface area contributed by atoms with Crippen molar-refractivity contribution in [2.24, 2.45) is 0 Å². The van der Waals surface area contributed by atoms with Crippen LogP contribution in [0.3, 0.4) is 0 Å². The van der Waals surface area contributed by atoms with Crippen molar-refractivity contribution in [2.45, 2.75) is 25.6 Å². The maximum Gasteiger partial charge on any atom is 0.327 e. The van der Waals surface area contributed by atoms with Crippen molar-refractivity contribution in [3.8, 4) is 0 Å². The second-order valence-corrected chi connectivity index (χ2v) is 5.08. The molecule has 1 saturated heterocycles. The van der Waals surface area contributed by atoms with Gasteiger partial charge in [0.25, 0.3) is 0 Å². The van der Waals surface area contributed by atoms with E-state index in [1.165, 1.54) is 13.8 Å². The second-order valence-electron chi connectivity index (χ2n) is 2.96. The van der Waals surface area contributed by atoms with E-state index in [-0.39, 0.29) is 12.2 Å². The van der Waals surface area contributed by atoms with Crippen molar-refractivity contribution in [1.82, 2.24) is 0 Å². The summed E-state index contributed by atoms with van der Waals surface area (Å²) in [6, 6.07) is 0. The molecule has 0 aromatic rings. The van der Waals surface area contributed by atoms with Gasteiger partial charge in [-0.25, -0.2) is 0 Å². The van der Waals surface area contributed by atoms with Crippen LogP contribution in [0.25, 0.3) is 0 Å². The maximum absolute atomic E-state index is 11.4. The fourth-order valence-electron chi connectivity index (χ4n) is 1.14. The van der Waals surface area contributed by atoms with Crippen LogP contribution >= 0.6 is 7.60 Å². The van der Waals surface area contributed by atoms with Gasteiger partial charge in [0.15, 0.2) is 0 Å². The van der Waals surface area contributed by atoms with Gasteiger partial charge in [-0.15, -0.1) is 0 Å². The predicted molar refractivity (Wildman–Crippen MR) is 45.4 cm³/mol. The molecule has 0 aliphatic carbocycles. The molecular formula is C7H15O4P. The second kappa shape index (κ2) is 3.88. The van der Waals surface area contributed by atoms with E-state index >= 15 is 0 Å². The summed E-state index contributed by atoms with van der Waals surface area (Å²) >= 11 is 0. The van der Waals surface area contributed by atoms with Crippen LogP contribution in [0.1, 0.15) is 13.3 Å². The van der Waals surface area contributed by atoms with Crippen molar-refractivity contribution in [3.05, 3.63) is 0 Å². The summed E-state index contributed by atoms with van der Waals surface area (Å²) < 4.78 is 26.6. The third-order valence-corrected chi connectivity index (χ3v) is 3.28. The van der Waals surface area contributed by atoms with Crippen LogP contribution in [-0.4, -0.2) is 32.6 Å². The van der Waals surface area contributed by atoms with Crippen molar-refractivity contribution >= 4 is 7.60 Å². The molecule has 3 atom stereocenters.